The molecule has 2 aromatic rings. The van der Waals surface area contributed by atoms with Crippen LogP contribution >= 0.6 is 0 Å². The molecule has 9 heteroatoms. The van der Waals surface area contributed by atoms with Crippen molar-refractivity contribution in [2.45, 2.75) is 18.9 Å². The Balaban J connectivity index is 1.77. The first kappa shape index (κ1) is 19.4. The van der Waals surface area contributed by atoms with Gasteiger partial charge in [-0.3, -0.25) is 4.99 Å². The first-order valence-corrected chi connectivity index (χ1v) is 10.6. The number of guanidine groups is 1. The maximum Gasteiger partial charge on any atom is 0.239 e. The molecule has 4 rings (SSSR count). The minimum atomic E-state index is -3.70. The minimum Gasteiger partial charge on any atom is -0.497 e. The summed E-state index contributed by atoms with van der Waals surface area (Å²) in [5.74, 6) is -0.365. The molecular formula is C20H21FN4O3S. The lowest BCUT2D eigenvalue weighted by atomic mass is 9.91. The number of nitrogens with two attached hydrogens (primary N) is 1. The maximum atomic E-state index is 14.7. The zero-order chi connectivity index (χ0) is 21.0. The van der Waals surface area contributed by atoms with Crippen LogP contribution in [0.5, 0.6) is 5.75 Å². The summed E-state index contributed by atoms with van der Waals surface area (Å²) in [6, 6.07) is 10.2. The number of nitrogens with zero attached hydrogens (tertiary/aromatic N) is 3. The number of rotatable bonds is 3. The molecule has 152 valence electrons. The highest BCUT2D eigenvalue weighted by Gasteiger charge is 2.41. The van der Waals surface area contributed by atoms with Crippen molar-refractivity contribution in [3.63, 3.8) is 0 Å². The third-order valence-corrected chi connectivity index (χ3v) is 7.30. The molecule has 2 aromatic carbocycles. The predicted octanol–water partition coefficient (Wildman–Crippen LogP) is 2.32. The second kappa shape index (κ2) is 6.55. The first-order chi connectivity index (χ1) is 13.6. The van der Waals surface area contributed by atoms with Gasteiger partial charge >= 0.3 is 0 Å². The molecule has 0 aromatic heterocycles. The number of sulfonamides is 1. The van der Waals surface area contributed by atoms with Crippen molar-refractivity contribution in [2.24, 2.45) is 15.7 Å². The van der Waals surface area contributed by atoms with E-state index in [9.17, 15) is 12.8 Å². The van der Waals surface area contributed by atoms with Gasteiger partial charge in [-0.1, -0.05) is 12.1 Å². The highest BCUT2D eigenvalue weighted by Crippen LogP contribution is 2.36. The standard InChI is InChI=1S/C20H21FN4O3S/c1-20(11-29(26,27)25(2)19(22)24-20)15-8-12(5-7-16(15)21)17-9-13-4-6-14(28-3)10-18(13)23-17/h4-8,10H,9,11H2,1-3H3,(H2,22,24)/t20-/m0/s1. The highest BCUT2D eigenvalue weighted by atomic mass is 32.2. The van der Waals surface area contributed by atoms with E-state index < -0.39 is 21.4 Å². The summed E-state index contributed by atoms with van der Waals surface area (Å²) >= 11 is 0. The molecule has 2 aliphatic rings. The van der Waals surface area contributed by atoms with Crippen molar-refractivity contribution in [1.29, 1.82) is 0 Å². The van der Waals surface area contributed by atoms with Gasteiger partial charge in [-0.15, -0.1) is 0 Å². The number of ether oxygens (including phenoxy) is 1. The fourth-order valence-corrected chi connectivity index (χ4v) is 5.11. The number of aliphatic imine (C=N–C) groups is 2. The second-order valence-corrected chi connectivity index (χ2v) is 9.39. The molecule has 7 nitrogen and oxygen atoms in total. The van der Waals surface area contributed by atoms with Gasteiger partial charge in [0.15, 0.2) is 0 Å². The molecular weight excluding hydrogens is 395 g/mol. The van der Waals surface area contributed by atoms with Crippen molar-refractivity contribution in [3.8, 4) is 5.75 Å². The van der Waals surface area contributed by atoms with Crippen LogP contribution in [0.4, 0.5) is 10.1 Å². The summed E-state index contributed by atoms with van der Waals surface area (Å²) in [6.45, 7) is 1.57. The number of benzene rings is 2. The van der Waals surface area contributed by atoms with Crippen LogP contribution in [-0.4, -0.2) is 44.3 Å². The van der Waals surface area contributed by atoms with E-state index in [1.807, 2.05) is 18.2 Å². The molecule has 0 saturated heterocycles. The van der Waals surface area contributed by atoms with Gasteiger partial charge in [-0.05, 0) is 36.2 Å². The van der Waals surface area contributed by atoms with Gasteiger partial charge in [0.2, 0.25) is 16.0 Å². The number of fused-ring (bicyclic) bond motifs is 1. The molecule has 0 saturated carbocycles. The van der Waals surface area contributed by atoms with Crippen LogP contribution in [0.2, 0.25) is 0 Å². The third-order valence-electron chi connectivity index (χ3n) is 5.35. The Morgan fingerprint density at radius 2 is 2.00 bits per heavy atom. The largest absolute Gasteiger partial charge is 0.497 e. The topological polar surface area (TPSA) is 97.3 Å². The van der Waals surface area contributed by atoms with Crippen LogP contribution in [0.25, 0.3) is 0 Å². The summed E-state index contributed by atoms with van der Waals surface area (Å²) in [6.07, 6.45) is 0.591. The summed E-state index contributed by atoms with van der Waals surface area (Å²) in [4.78, 5) is 8.95. The molecule has 0 spiro atoms. The normalized spacial score (nSPS) is 22.7. The first-order valence-electron chi connectivity index (χ1n) is 9.00. The Morgan fingerprint density at radius 1 is 1.24 bits per heavy atom. The van der Waals surface area contributed by atoms with E-state index in [4.69, 9.17) is 10.5 Å². The van der Waals surface area contributed by atoms with Crippen LogP contribution in [0.15, 0.2) is 46.4 Å². The fourth-order valence-electron chi connectivity index (χ4n) is 3.66. The van der Waals surface area contributed by atoms with Crippen LogP contribution in [-0.2, 0) is 22.0 Å². The average molecular weight is 416 g/mol. The number of halogens is 1. The van der Waals surface area contributed by atoms with E-state index in [0.717, 1.165) is 21.3 Å². The molecule has 1 atom stereocenters. The Labute approximate surface area is 168 Å². The SMILES string of the molecule is COc1ccc2c(c1)N=C(c1ccc(F)c([C@]3(C)CS(=O)(=O)N(C)C(N)=N3)c1)C2. The molecule has 0 unspecified atom stereocenters. The van der Waals surface area contributed by atoms with E-state index in [1.165, 1.54) is 13.1 Å². The number of methoxy groups -OCH3 is 1. The molecule has 2 heterocycles. The lowest BCUT2D eigenvalue weighted by Gasteiger charge is -2.34. The van der Waals surface area contributed by atoms with E-state index >= 15 is 0 Å². The quantitative estimate of drug-likeness (QED) is 0.830. The number of hydrogen-bond acceptors (Lipinski definition) is 6. The van der Waals surface area contributed by atoms with Gasteiger partial charge in [-0.2, -0.15) is 0 Å². The van der Waals surface area contributed by atoms with Gasteiger partial charge in [-0.25, -0.2) is 22.1 Å². The van der Waals surface area contributed by atoms with Crippen LogP contribution in [0.1, 0.15) is 23.6 Å². The smallest absolute Gasteiger partial charge is 0.239 e. The van der Waals surface area contributed by atoms with Crippen LogP contribution in [0, 0.1) is 5.82 Å². The lowest BCUT2D eigenvalue weighted by molar-refractivity contribution is 0.415. The van der Waals surface area contributed by atoms with Crippen LogP contribution < -0.4 is 10.5 Å². The molecule has 0 amide bonds. The molecule has 0 fully saturated rings. The fraction of sp³-hybridized carbons (Fsp3) is 0.300. The van der Waals surface area contributed by atoms with Crippen molar-refractivity contribution in [2.75, 3.05) is 19.9 Å². The Kier molecular flexibility index (Phi) is 4.38. The molecule has 2 N–H and O–H groups in total. The van der Waals surface area contributed by atoms with E-state index in [2.05, 4.69) is 9.98 Å². The Morgan fingerprint density at radius 3 is 2.69 bits per heavy atom. The van der Waals surface area contributed by atoms with E-state index in [-0.39, 0.29) is 17.3 Å². The minimum absolute atomic E-state index is 0.165. The van der Waals surface area contributed by atoms with Crippen molar-refractivity contribution >= 4 is 27.4 Å². The lowest BCUT2D eigenvalue weighted by Crippen LogP contribution is -2.50. The van der Waals surface area contributed by atoms with Gasteiger partial charge in [0.05, 0.1) is 24.3 Å². The molecule has 0 aliphatic carbocycles. The van der Waals surface area contributed by atoms with Crippen molar-refractivity contribution in [3.05, 3.63) is 58.9 Å². The zero-order valence-electron chi connectivity index (χ0n) is 16.3. The van der Waals surface area contributed by atoms with Gasteiger partial charge in [0, 0.05) is 25.1 Å². The van der Waals surface area contributed by atoms with Gasteiger partial charge in [0.1, 0.15) is 17.1 Å². The number of hydrogen-bond donors (Lipinski definition) is 1. The Hall–Kier alpha value is -2.94. The molecule has 2 aliphatic heterocycles. The van der Waals surface area contributed by atoms with Gasteiger partial charge < -0.3 is 10.5 Å². The van der Waals surface area contributed by atoms with Crippen molar-refractivity contribution < 1.29 is 17.5 Å². The predicted molar refractivity (Wildman–Crippen MR) is 110 cm³/mol. The molecule has 29 heavy (non-hydrogen) atoms. The Bertz CT molecular complexity index is 1180. The zero-order valence-corrected chi connectivity index (χ0v) is 17.1. The van der Waals surface area contributed by atoms with E-state index in [0.29, 0.717) is 17.7 Å². The summed E-state index contributed by atoms with van der Waals surface area (Å²) in [5.41, 5.74) is 7.97. The average Bonchev–Trinajstić information content (AvgIpc) is 3.09. The summed E-state index contributed by atoms with van der Waals surface area (Å²) in [7, 11) is -0.774. The van der Waals surface area contributed by atoms with Crippen molar-refractivity contribution in [1.82, 2.24) is 4.31 Å². The van der Waals surface area contributed by atoms with E-state index in [1.54, 1.807) is 26.2 Å². The maximum absolute atomic E-state index is 14.7. The van der Waals surface area contributed by atoms with Crippen LogP contribution in [0.3, 0.4) is 0 Å². The summed E-state index contributed by atoms with van der Waals surface area (Å²) in [5, 5.41) is 0. The summed E-state index contributed by atoms with van der Waals surface area (Å²) < 4.78 is 45.8. The monoisotopic (exact) mass is 416 g/mol. The third kappa shape index (κ3) is 3.25. The highest BCUT2D eigenvalue weighted by molar-refractivity contribution is 7.89. The molecule has 0 bridgehead atoms. The molecule has 0 radical (unpaired) electrons. The second-order valence-electron chi connectivity index (χ2n) is 7.39. The van der Waals surface area contributed by atoms with Gasteiger partial charge in [0.25, 0.3) is 0 Å².